The minimum absolute atomic E-state index is 0.0596. The average molecular weight is 330 g/mol. The van der Waals surface area contributed by atoms with E-state index in [4.69, 9.17) is 23.2 Å². The van der Waals surface area contributed by atoms with E-state index < -0.39 is 0 Å². The quantitative estimate of drug-likeness (QED) is 0.745. The molecule has 0 heterocycles. The van der Waals surface area contributed by atoms with E-state index in [9.17, 15) is 9.90 Å². The number of hydrogen-bond donors (Lipinski definition) is 2. The van der Waals surface area contributed by atoms with Crippen LogP contribution in [-0.2, 0) is 4.79 Å². The van der Waals surface area contributed by atoms with E-state index in [0.717, 1.165) is 12.8 Å². The molecule has 21 heavy (non-hydrogen) atoms. The summed E-state index contributed by atoms with van der Waals surface area (Å²) < 4.78 is 0. The molecule has 0 aliphatic rings. The zero-order valence-electron chi connectivity index (χ0n) is 12.3. The summed E-state index contributed by atoms with van der Waals surface area (Å²) in [6, 6.07) is 5.25. The van der Waals surface area contributed by atoms with Gasteiger partial charge in [-0.25, -0.2) is 0 Å². The van der Waals surface area contributed by atoms with Crippen molar-refractivity contribution in [1.29, 1.82) is 0 Å². The highest BCUT2D eigenvalue weighted by atomic mass is 35.5. The molecule has 116 valence electrons. The van der Waals surface area contributed by atoms with Gasteiger partial charge in [0, 0.05) is 18.0 Å². The van der Waals surface area contributed by atoms with Crippen molar-refractivity contribution in [2.24, 2.45) is 5.41 Å². The summed E-state index contributed by atoms with van der Waals surface area (Å²) in [4.78, 5) is 11.9. The van der Waals surface area contributed by atoms with Crippen molar-refractivity contribution in [2.75, 3.05) is 13.2 Å². The summed E-state index contributed by atoms with van der Waals surface area (Å²) in [5.74, 6) is -0.217. The molecule has 1 amide bonds. The number of amides is 1. The summed E-state index contributed by atoms with van der Waals surface area (Å²) in [7, 11) is 0. The van der Waals surface area contributed by atoms with Gasteiger partial charge in [0.2, 0.25) is 5.91 Å². The van der Waals surface area contributed by atoms with Crippen LogP contribution in [0.1, 0.15) is 32.3 Å². The Morgan fingerprint density at radius 2 is 2.00 bits per heavy atom. The summed E-state index contributed by atoms with van der Waals surface area (Å²) in [5, 5.41) is 13.2. The highest BCUT2D eigenvalue weighted by Gasteiger charge is 2.25. The third-order valence-corrected chi connectivity index (χ3v) is 4.70. The molecule has 2 N–H and O–H groups in total. The van der Waals surface area contributed by atoms with E-state index in [-0.39, 0.29) is 17.9 Å². The van der Waals surface area contributed by atoms with Gasteiger partial charge in [-0.2, -0.15) is 0 Å². The standard InChI is InChI=1S/C16H21Cl2NO2/c1-3-16(4-2,11-20)10-19-14(21)9-8-12-6-5-7-13(17)15(12)18/h5-9,20H,3-4,10-11H2,1-2H3,(H,19,21)/b9-8+. The minimum Gasteiger partial charge on any atom is -0.396 e. The van der Waals surface area contributed by atoms with Crippen LogP contribution in [-0.4, -0.2) is 24.2 Å². The first-order valence-electron chi connectivity index (χ1n) is 6.98. The van der Waals surface area contributed by atoms with Gasteiger partial charge in [0.1, 0.15) is 0 Å². The number of hydrogen-bond acceptors (Lipinski definition) is 2. The van der Waals surface area contributed by atoms with Gasteiger partial charge in [0.15, 0.2) is 0 Å². The Balaban J connectivity index is 2.65. The van der Waals surface area contributed by atoms with Crippen LogP contribution in [0.4, 0.5) is 0 Å². The fourth-order valence-corrected chi connectivity index (χ4v) is 2.30. The van der Waals surface area contributed by atoms with E-state index in [0.29, 0.717) is 22.2 Å². The highest BCUT2D eigenvalue weighted by Crippen LogP contribution is 2.26. The molecule has 0 fully saturated rings. The van der Waals surface area contributed by atoms with Crippen LogP contribution in [0.15, 0.2) is 24.3 Å². The second-order valence-electron chi connectivity index (χ2n) is 5.06. The first-order chi connectivity index (χ1) is 9.98. The Hall–Kier alpha value is -1.03. The number of halogens is 2. The number of aliphatic hydroxyl groups excluding tert-OH is 1. The predicted octanol–water partition coefficient (Wildman–Crippen LogP) is 3.92. The van der Waals surface area contributed by atoms with Gasteiger partial charge in [-0.3, -0.25) is 4.79 Å². The Morgan fingerprint density at radius 1 is 1.33 bits per heavy atom. The first-order valence-corrected chi connectivity index (χ1v) is 7.74. The Kier molecular flexibility index (Phi) is 7.23. The van der Waals surface area contributed by atoms with E-state index >= 15 is 0 Å². The number of benzene rings is 1. The van der Waals surface area contributed by atoms with E-state index in [1.54, 1.807) is 24.3 Å². The largest absolute Gasteiger partial charge is 0.396 e. The van der Waals surface area contributed by atoms with Crippen LogP contribution >= 0.6 is 23.2 Å². The van der Waals surface area contributed by atoms with Crippen molar-refractivity contribution < 1.29 is 9.90 Å². The van der Waals surface area contributed by atoms with Crippen LogP contribution in [0.5, 0.6) is 0 Å². The maximum atomic E-state index is 11.9. The highest BCUT2D eigenvalue weighted by molar-refractivity contribution is 6.42. The van der Waals surface area contributed by atoms with Crippen molar-refractivity contribution in [3.63, 3.8) is 0 Å². The van der Waals surface area contributed by atoms with Gasteiger partial charge >= 0.3 is 0 Å². The third-order valence-electron chi connectivity index (χ3n) is 3.87. The number of carbonyl (C=O) groups excluding carboxylic acids is 1. The minimum atomic E-state index is -0.253. The first kappa shape index (κ1) is 18.0. The fraction of sp³-hybridized carbons (Fsp3) is 0.438. The number of nitrogens with one attached hydrogen (secondary N) is 1. The molecule has 0 saturated carbocycles. The molecule has 0 aromatic heterocycles. The Morgan fingerprint density at radius 3 is 2.57 bits per heavy atom. The van der Waals surface area contributed by atoms with Gasteiger partial charge in [0.25, 0.3) is 0 Å². The lowest BCUT2D eigenvalue weighted by molar-refractivity contribution is -0.117. The lowest BCUT2D eigenvalue weighted by Crippen LogP contribution is -2.38. The van der Waals surface area contributed by atoms with E-state index in [1.165, 1.54) is 6.08 Å². The summed E-state index contributed by atoms with van der Waals surface area (Å²) in [6.45, 7) is 4.52. The lowest BCUT2D eigenvalue weighted by Gasteiger charge is -2.29. The molecular weight excluding hydrogens is 309 g/mol. The Labute approximate surface area is 136 Å². The van der Waals surface area contributed by atoms with Gasteiger partial charge in [-0.15, -0.1) is 0 Å². The molecule has 0 bridgehead atoms. The molecule has 0 aliphatic carbocycles. The molecule has 1 rings (SSSR count). The molecule has 0 spiro atoms. The van der Waals surface area contributed by atoms with E-state index in [2.05, 4.69) is 5.32 Å². The summed E-state index contributed by atoms with van der Waals surface area (Å²) in [5.41, 5.74) is 0.440. The van der Waals surface area contributed by atoms with Gasteiger partial charge in [0.05, 0.1) is 16.7 Å². The van der Waals surface area contributed by atoms with Crippen molar-refractivity contribution in [3.05, 3.63) is 39.9 Å². The normalized spacial score (nSPS) is 11.9. The van der Waals surface area contributed by atoms with Crippen molar-refractivity contribution in [2.45, 2.75) is 26.7 Å². The van der Waals surface area contributed by atoms with Crippen molar-refractivity contribution >= 4 is 35.2 Å². The molecule has 0 aliphatic heterocycles. The topological polar surface area (TPSA) is 49.3 Å². The average Bonchev–Trinajstić information content (AvgIpc) is 2.50. The van der Waals surface area contributed by atoms with E-state index in [1.807, 2.05) is 13.8 Å². The number of carbonyl (C=O) groups is 1. The zero-order valence-corrected chi connectivity index (χ0v) is 13.8. The smallest absolute Gasteiger partial charge is 0.244 e. The molecule has 3 nitrogen and oxygen atoms in total. The van der Waals surface area contributed by atoms with Crippen LogP contribution < -0.4 is 5.32 Å². The SMILES string of the molecule is CCC(CC)(CO)CNC(=O)/C=C/c1cccc(Cl)c1Cl. The monoisotopic (exact) mass is 329 g/mol. The summed E-state index contributed by atoms with van der Waals surface area (Å²) in [6.07, 6.45) is 4.67. The third kappa shape index (κ3) is 5.03. The number of rotatable bonds is 7. The molecule has 0 atom stereocenters. The van der Waals surface area contributed by atoms with Crippen LogP contribution in [0.3, 0.4) is 0 Å². The van der Waals surface area contributed by atoms with Crippen LogP contribution in [0.2, 0.25) is 10.0 Å². The van der Waals surface area contributed by atoms with Crippen molar-refractivity contribution in [3.8, 4) is 0 Å². The maximum absolute atomic E-state index is 11.9. The molecule has 0 unspecified atom stereocenters. The Bertz CT molecular complexity index is 503. The van der Waals surface area contributed by atoms with Crippen LogP contribution in [0.25, 0.3) is 6.08 Å². The molecule has 1 aromatic rings. The maximum Gasteiger partial charge on any atom is 0.244 e. The second kappa shape index (κ2) is 8.42. The molecule has 5 heteroatoms. The molecular formula is C16H21Cl2NO2. The predicted molar refractivity (Wildman–Crippen MR) is 88.6 cm³/mol. The fourth-order valence-electron chi connectivity index (χ4n) is 1.93. The van der Waals surface area contributed by atoms with Gasteiger partial charge in [-0.05, 0) is 30.5 Å². The zero-order chi connectivity index (χ0) is 15.9. The molecule has 1 aromatic carbocycles. The molecule has 0 saturated heterocycles. The second-order valence-corrected chi connectivity index (χ2v) is 5.84. The lowest BCUT2D eigenvalue weighted by atomic mass is 9.83. The molecule has 0 radical (unpaired) electrons. The summed E-state index contributed by atoms with van der Waals surface area (Å²) >= 11 is 12.0. The van der Waals surface area contributed by atoms with Crippen LogP contribution in [0, 0.1) is 5.41 Å². The number of aliphatic hydroxyl groups is 1. The van der Waals surface area contributed by atoms with Gasteiger partial charge in [-0.1, -0.05) is 49.2 Å². The van der Waals surface area contributed by atoms with Gasteiger partial charge < -0.3 is 10.4 Å². The van der Waals surface area contributed by atoms with Crippen molar-refractivity contribution in [1.82, 2.24) is 5.32 Å².